The lowest BCUT2D eigenvalue weighted by Gasteiger charge is -2.39. The van der Waals surface area contributed by atoms with E-state index in [2.05, 4.69) is 84.9 Å². The zero-order chi connectivity index (χ0) is 14.8. The Morgan fingerprint density at radius 1 is 0.545 bits per heavy atom. The van der Waals surface area contributed by atoms with E-state index in [-0.39, 0.29) is 5.41 Å². The summed E-state index contributed by atoms with van der Waals surface area (Å²) in [6.45, 7) is 0. The summed E-state index contributed by atoms with van der Waals surface area (Å²) in [5, 5.41) is 0. The Morgan fingerprint density at radius 3 is 1.64 bits per heavy atom. The molecule has 0 N–H and O–H groups in total. The molecular formula is C22H20. The molecule has 0 aliphatic heterocycles. The first-order valence-electron chi connectivity index (χ1n) is 8.06. The normalized spacial score (nSPS) is 16.0. The highest BCUT2D eigenvalue weighted by atomic mass is 14.4. The average Bonchev–Trinajstić information content (AvgIpc) is 2.63. The molecule has 22 heavy (non-hydrogen) atoms. The van der Waals surface area contributed by atoms with Crippen molar-refractivity contribution < 1.29 is 0 Å². The van der Waals surface area contributed by atoms with Gasteiger partial charge >= 0.3 is 0 Å². The minimum absolute atomic E-state index is 0.108. The highest BCUT2D eigenvalue weighted by Crippen LogP contribution is 2.43. The third-order valence-corrected chi connectivity index (χ3v) is 5.08. The second-order valence-electron chi connectivity index (χ2n) is 6.26. The molecule has 108 valence electrons. The first-order valence-corrected chi connectivity index (χ1v) is 8.06. The molecule has 0 aromatic heterocycles. The summed E-state index contributed by atoms with van der Waals surface area (Å²) in [5.74, 6) is 0. The van der Waals surface area contributed by atoms with Crippen LogP contribution in [-0.4, -0.2) is 0 Å². The second-order valence-corrected chi connectivity index (χ2v) is 6.26. The Labute approximate surface area is 132 Å². The van der Waals surface area contributed by atoms with Gasteiger partial charge in [0.15, 0.2) is 0 Å². The van der Waals surface area contributed by atoms with Crippen LogP contribution in [0.5, 0.6) is 0 Å². The van der Waals surface area contributed by atoms with Gasteiger partial charge in [-0.3, -0.25) is 0 Å². The van der Waals surface area contributed by atoms with Gasteiger partial charge in [0.25, 0.3) is 0 Å². The molecule has 1 aliphatic rings. The molecule has 3 aromatic carbocycles. The molecule has 0 atom stereocenters. The van der Waals surface area contributed by atoms with Crippen LogP contribution >= 0.6 is 0 Å². The van der Waals surface area contributed by atoms with Gasteiger partial charge in [0.2, 0.25) is 0 Å². The lowest BCUT2D eigenvalue weighted by molar-refractivity contribution is 0.444. The van der Waals surface area contributed by atoms with Gasteiger partial charge in [-0.25, -0.2) is 0 Å². The molecule has 4 rings (SSSR count). The summed E-state index contributed by atoms with van der Waals surface area (Å²) in [4.78, 5) is 0. The quantitative estimate of drug-likeness (QED) is 0.609. The van der Waals surface area contributed by atoms with Gasteiger partial charge in [-0.05, 0) is 41.5 Å². The van der Waals surface area contributed by atoms with E-state index < -0.39 is 0 Å². The molecule has 0 bridgehead atoms. The molecule has 0 fully saturated rings. The summed E-state index contributed by atoms with van der Waals surface area (Å²) in [6.07, 6.45) is 3.43. The third-order valence-electron chi connectivity index (χ3n) is 5.08. The standard InChI is InChI=1S/C22H20/c1-3-11-20(12-4-1)22(21-13-5-2-6-14-21)16-15-18-9-7-8-10-19(18)17-22/h1-14H,15-17H2. The van der Waals surface area contributed by atoms with Gasteiger partial charge in [-0.1, -0.05) is 84.9 Å². The van der Waals surface area contributed by atoms with Crippen LogP contribution in [0.4, 0.5) is 0 Å². The van der Waals surface area contributed by atoms with Crippen LogP contribution in [0, 0.1) is 0 Å². The maximum Gasteiger partial charge on any atom is 0.0246 e. The van der Waals surface area contributed by atoms with Crippen LogP contribution in [-0.2, 0) is 18.3 Å². The van der Waals surface area contributed by atoms with Gasteiger partial charge in [0.1, 0.15) is 0 Å². The smallest absolute Gasteiger partial charge is 0.0246 e. The van der Waals surface area contributed by atoms with Crippen molar-refractivity contribution in [3.05, 3.63) is 107 Å². The maximum atomic E-state index is 2.30. The highest BCUT2D eigenvalue weighted by molar-refractivity contribution is 5.45. The van der Waals surface area contributed by atoms with Crippen LogP contribution in [0.25, 0.3) is 0 Å². The number of benzene rings is 3. The van der Waals surface area contributed by atoms with Gasteiger partial charge in [0, 0.05) is 5.41 Å². The SMILES string of the molecule is c1ccc(C2(c3ccccc3)CCc3ccccc3C2)cc1. The largest absolute Gasteiger partial charge is 0.0622 e. The Morgan fingerprint density at radius 2 is 1.05 bits per heavy atom. The Hall–Kier alpha value is -2.34. The van der Waals surface area contributed by atoms with Crippen molar-refractivity contribution in [2.75, 3.05) is 0 Å². The molecule has 0 radical (unpaired) electrons. The van der Waals surface area contributed by atoms with Crippen LogP contribution in [0.1, 0.15) is 28.7 Å². The highest BCUT2D eigenvalue weighted by Gasteiger charge is 2.37. The van der Waals surface area contributed by atoms with Crippen molar-refractivity contribution in [3.8, 4) is 0 Å². The predicted molar refractivity (Wildman–Crippen MR) is 92.1 cm³/mol. The molecule has 0 nitrogen and oxygen atoms in total. The molecule has 0 heterocycles. The van der Waals surface area contributed by atoms with Gasteiger partial charge < -0.3 is 0 Å². The van der Waals surface area contributed by atoms with Crippen molar-refractivity contribution in [2.45, 2.75) is 24.7 Å². The topological polar surface area (TPSA) is 0 Å². The van der Waals surface area contributed by atoms with E-state index in [1.165, 1.54) is 28.7 Å². The molecule has 3 aromatic rings. The molecule has 0 amide bonds. The fraction of sp³-hybridized carbons (Fsp3) is 0.182. The first kappa shape index (κ1) is 13.3. The number of hydrogen-bond donors (Lipinski definition) is 0. The van der Waals surface area contributed by atoms with Gasteiger partial charge in [-0.2, -0.15) is 0 Å². The molecule has 0 saturated heterocycles. The molecule has 0 spiro atoms. The van der Waals surface area contributed by atoms with E-state index in [1.807, 2.05) is 0 Å². The van der Waals surface area contributed by atoms with E-state index in [4.69, 9.17) is 0 Å². The summed E-state index contributed by atoms with van der Waals surface area (Å²) in [7, 11) is 0. The maximum absolute atomic E-state index is 2.30. The number of rotatable bonds is 2. The van der Waals surface area contributed by atoms with Crippen LogP contribution in [0.2, 0.25) is 0 Å². The molecule has 0 saturated carbocycles. The van der Waals surface area contributed by atoms with Crippen LogP contribution < -0.4 is 0 Å². The zero-order valence-electron chi connectivity index (χ0n) is 12.7. The molecule has 0 heteroatoms. The first-order chi connectivity index (χ1) is 10.9. The summed E-state index contributed by atoms with van der Waals surface area (Å²) >= 11 is 0. The molecule has 0 unspecified atom stereocenters. The van der Waals surface area contributed by atoms with Crippen molar-refractivity contribution >= 4 is 0 Å². The van der Waals surface area contributed by atoms with Crippen LogP contribution in [0.15, 0.2) is 84.9 Å². The molecule has 1 aliphatic carbocycles. The van der Waals surface area contributed by atoms with Gasteiger partial charge in [-0.15, -0.1) is 0 Å². The van der Waals surface area contributed by atoms with E-state index in [1.54, 1.807) is 0 Å². The number of fused-ring (bicyclic) bond motifs is 1. The fourth-order valence-corrected chi connectivity index (χ4v) is 3.91. The Bertz CT molecular complexity index is 717. The van der Waals surface area contributed by atoms with Crippen LogP contribution in [0.3, 0.4) is 0 Å². The Balaban J connectivity index is 1.89. The van der Waals surface area contributed by atoms with Gasteiger partial charge in [0.05, 0.1) is 0 Å². The van der Waals surface area contributed by atoms with E-state index in [9.17, 15) is 0 Å². The summed E-state index contributed by atoms with van der Waals surface area (Å²) in [6, 6.07) is 31.0. The third kappa shape index (κ3) is 2.16. The number of aryl methyl sites for hydroxylation is 1. The summed E-state index contributed by atoms with van der Waals surface area (Å²) < 4.78 is 0. The minimum Gasteiger partial charge on any atom is -0.0622 e. The predicted octanol–water partition coefficient (Wildman–Crippen LogP) is 5.16. The minimum atomic E-state index is 0.108. The van der Waals surface area contributed by atoms with E-state index in [0.29, 0.717) is 0 Å². The molecular weight excluding hydrogens is 264 g/mol. The van der Waals surface area contributed by atoms with Crippen molar-refractivity contribution in [1.82, 2.24) is 0 Å². The van der Waals surface area contributed by atoms with E-state index in [0.717, 1.165) is 12.8 Å². The zero-order valence-corrected chi connectivity index (χ0v) is 12.7. The van der Waals surface area contributed by atoms with Crippen molar-refractivity contribution in [1.29, 1.82) is 0 Å². The van der Waals surface area contributed by atoms with Crippen molar-refractivity contribution in [2.24, 2.45) is 0 Å². The summed E-state index contributed by atoms with van der Waals surface area (Å²) in [5.41, 5.74) is 6.01. The lowest BCUT2D eigenvalue weighted by Crippen LogP contribution is -2.34. The van der Waals surface area contributed by atoms with Crippen molar-refractivity contribution in [3.63, 3.8) is 0 Å². The van der Waals surface area contributed by atoms with E-state index >= 15 is 0 Å². The average molecular weight is 284 g/mol. The monoisotopic (exact) mass is 284 g/mol. The fourth-order valence-electron chi connectivity index (χ4n) is 3.91. The Kier molecular flexibility index (Phi) is 3.31. The number of hydrogen-bond acceptors (Lipinski definition) is 0. The lowest BCUT2D eigenvalue weighted by atomic mass is 9.64. The second kappa shape index (κ2) is 5.46.